The van der Waals surface area contributed by atoms with Gasteiger partial charge in [-0.3, -0.25) is 4.68 Å². The summed E-state index contributed by atoms with van der Waals surface area (Å²) in [6, 6.07) is 14.0. The number of aromatic nitrogens is 2. The smallest absolute Gasteiger partial charge is 0.335 e. The fourth-order valence-electron chi connectivity index (χ4n) is 3.07. The van der Waals surface area contributed by atoms with Crippen molar-refractivity contribution < 1.29 is 19.7 Å². The summed E-state index contributed by atoms with van der Waals surface area (Å²) in [5.74, 6) is -0.442. The third kappa shape index (κ3) is 5.01. The summed E-state index contributed by atoms with van der Waals surface area (Å²) in [4.78, 5) is 11.5. The van der Waals surface area contributed by atoms with Gasteiger partial charge in [0.25, 0.3) is 0 Å². The SMILES string of the molecule is CCCOc1ccc(C(=O)O)cc1-c1cc(-c2ccc(Cl)cc2)n(CC(O)CC)n1. The third-order valence-corrected chi connectivity index (χ3v) is 4.99. The maximum atomic E-state index is 11.5. The van der Waals surface area contributed by atoms with E-state index in [1.807, 2.05) is 32.0 Å². The van der Waals surface area contributed by atoms with Gasteiger partial charge in [-0.25, -0.2) is 4.79 Å². The van der Waals surface area contributed by atoms with E-state index in [2.05, 4.69) is 5.10 Å². The zero-order valence-electron chi connectivity index (χ0n) is 17.0. The van der Waals surface area contributed by atoms with Gasteiger partial charge in [0.15, 0.2) is 0 Å². The van der Waals surface area contributed by atoms with Crippen LogP contribution in [0.1, 0.15) is 37.0 Å². The first-order valence-corrected chi connectivity index (χ1v) is 10.3. The van der Waals surface area contributed by atoms with Gasteiger partial charge in [-0.1, -0.05) is 37.6 Å². The van der Waals surface area contributed by atoms with Gasteiger partial charge in [-0.2, -0.15) is 5.10 Å². The molecule has 0 saturated heterocycles. The second-order valence-corrected chi connectivity index (χ2v) is 7.47. The minimum atomic E-state index is -1.02. The number of benzene rings is 2. The number of hydrogen-bond acceptors (Lipinski definition) is 4. The summed E-state index contributed by atoms with van der Waals surface area (Å²) in [5, 5.41) is 25.0. The monoisotopic (exact) mass is 428 g/mol. The number of ether oxygens (including phenoxy) is 1. The van der Waals surface area contributed by atoms with Crippen LogP contribution in [0.5, 0.6) is 5.75 Å². The molecule has 0 fully saturated rings. The van der Waals surface area contributed by atoms with Crippen LogP contribution in [-0.2, 0) is 6.54 Å². The van der Waals surface area contributed by atoms with Gasteiger partial charge in [0, 0.05) is 10.6 Å². The van der Waals surface area contributed by atoms with Crippen LogP contribution in [0, 0.1) is 0 Å². The lowest BCUT2D eigenvalue weighted by Crippen LogP contribution is -2.16. The van der Waals surface area contributed by atoms with Gasteiger partial charge in [-0.15, -0.1) is 0 Å². The van der Waals surface area contributed by atoms with Crippen molar-refractivity contribution >= 4 is 17.6 Å². The van der Waals surface area contributed by atoms with Crippen molar-refractivity contribution in [2.24, 2.45) is 0 Å². The van der Waals surface area contributed by atoms with Crippen LogP contribution < -0.4 is 4.74 Å². The normalized spacial score (nSPS) is 12.0. The Hall–Kier alpha value is -2.83. The number of carboxylic acids is 1. The van der Waals surface area contributed by atoms with E-state index in [1.165, 1.54) is 6.07 Å². The molecule has 1 atom stereocenters. The van der Waals surface area contributed by atoms with Gasteiger partial charge in [-0.05, 0) is 54.8 Å². The van der Waals surface area contributed by atoms with Crippen molar-refractivity contribution in [2.45, 2.75) is 39.3 Å². The first-order chi connectivity index (χ1) is 14.4. The molecule has 0 aliphatic carbocycles. The number of carboxylic acid groups (broad SMARTS) is 1. The molecule has 158 valence electrons. The van der Waals surface area contributed by atoms with Gasteiger partial charge >= 0.3 is 5.97 Å². The summed E-state index contributed by atoms with van der Waals surface area (Å²) >= 11 is 6.03. The lowest BCUT2D eigenvalue weighted by Gasteiger charge is -2.12. The average Bonchev–Trinajstić information content (AvgIpc) is 3.15. The minimum absolute atomic E-state index is 0.157. The van der Waals surface area contributed by atoms with E-state index in [1.54, 1.807) is 28.9 Å². The molecule has 2 N–H and O–H groups in total. The Balaban J connectivity index is 2.13. The molecule has 0 radical (unpaired) electrons. The lowest BCUT2D eigenvalue weighted by atomic mass is 10.1. The number of halogens is 1. The Morgan fingerprint density at radius 1 is 1.17 bits per heavy atom. The molecule has 7 heteroatoms. The quantitative estimate of drug-likeness (QED) is 0.493. The van der Waals surface area contributed by atoms with Crippen molar-refractivity contribution in [1.82, 2.24) is 9.78 Å². The number of aliphatic hydroxyl groups is 1. The topological polar surface area (TPSA) is 84.6 Å². The minimum Gasteiger partial charge on any atom is -0.493 e. The zero-order chi connectivity index (χ0) is 21.7. The predicted molar refractivity (Wildman–Crippen MR) is 117 cm³/mol. The van der Waals surface area contributed by atoms with Gasteiger partial charge in [0.2, 0.25) is 0 Å². The van der Waals surface area contributed by atoms with Crippen molar-refractivity contribution in [3.05, 3.63) is 59.1 Å². The Morgan fingerprint density at radius 2 is 1.90 bits per heavy atom. The molecule has 1 unspecified atom stereocenters. The first kappa shape index (κ1) is 21.9. The summed E-state index contributed by atoms with van der Waals surface area (Å²) in [6.45, 7) is 4.74. The molecule has 30 heavy (non-hydrogen) atoms. The molecule has 0 aliphatic heterocycles. The summed E-state index contributed by atoms with van der Waals surface area (Å²) < 4.78 is 7.58. The van der Waals surface area contributed by atoms with Gasteiger partial charge in [0.1, 0.15) is 5.75 Å². The highest BCUT2D eigenvalue weighted by molar-refractivity contribution is 6.30. The van der Waals surface area contributed by atoms with E-state index in [9.17, 15) is 15.0 Å². The highest BCUT2D eigenvalue weighted by Gasteiger charge is 2.18. The number of nitrogens with zero attached hydrogens (tertiary/aromatic N) is 2. The molecule has 0 saturated carbocycles. The average molecular weight is 429 g/mol. The van der Waals surface area contributed by atoms with Crippen LogP contribution in [0.4, 0.5) is 0 Å². The van der Waals surface area contributed by atoms with Gasteiger partial charge in [0.05, 0.1) is 36.2 Å². The van der Waals surface area contributed by atoms with Gasteiger partial charge < -0.3 is 14.9 Å². The number of aromatic carboxylic acids is 1. The van der Waals surface area contributed by atoms with Crippen LogP contribution >= 0.6 is 11.6 Å². The molecule has 3 rings (SSSR count). The van der Waals surface area contributed by atoms with Crippen LogP contribution in [0.3, 0.4) is 0 Å². The van der Waals surface area contributed by atoms with E-state index in [0.717, 1.165) is 17.7 Å². The Kier molecular flexibility index (Phi) is 7.13. The van der Waals surface area contributed by atoms with Crippen LogP contribution in [-0.4, -0.2) is 38.7 Å². The molecule has 0 aliphatic rings. The van der Waals surface area contributed by atoms with Crippen molar-refractivity contribution in [3.8, 4) is 28.3 Å². The van der Waals surface area contributed by atoms with Crippen molar-refractivity contribution in [2.75, 3.05) is 6.61 Å². The van der Waals surface area contributed by atoms with E-state index in [4.69, 9.17) is 16.3 Å². The second kappa shape index (κ2) is 9.78. The molecule has 0 spiro atoms. The number of carbonyl (C=O) groups is 1. The second-order valence-electron chi connectivity index (χ2n) is 7.03. The Bertz CT molecular complexity index is 1010. The molecule has 0 amide bonds. The summed E-state index contributed by atoms with van der Waals surface area (Å²) in [6.07, 6.45) is 0.868. The van der Waals surface area contributed by atoms with Crippen LogP contribution in [0.15, 0.2) is 48.5 Å². The van der Waals surface area contributed by atoms with Crippen molar-refractivity contribution in [1.29, 1.82) is 0 Å². The maximum absolute atomic E-state index is 11.5. The van der Waals surface area contributed by atoms with E-state index in [0.29, 0.717) is 41.6 Å². The van der Waals surface area contributed by atoms with E-state index in [-0.39, 0.29) is 5.56 Å². The molecule has 1 aromatic heterocycles. The molecular weight excluding hydrogens is 404 g/mol. The zero-order valence-corrected chi connectivity index (χ0v) is 17.8. The number of aliphatic hydroxyl groups excluding tert-OH is 1. The van der Waals surface area contributed by atoms with Crippen LogP contribution in [0.25, 0.3) is 22.5 Å². The number of rotatable bonds is 9. The standard InChI is InChI=1S/C23H25ClN2O4/c1-3-11-30-22-10-7-16(23(28)29)12-19(22)20-13-21(15-5-8-17(24)9-6-15)26(25-20)14-18(27)4-2/h5-10,12-13,18,27H,3-4,11,14H2,1-2H3,(H,28,29). The predicted octanol–water partition coefficient (Wildman–Crippen LogP) is 5.13. The number of hydrogen-bond donors (Lipinski definition) is 2. The lowest BCUT2D eigenvalue weighted by molar-refractivity contribution is 0.0697. The highest BCUT2D eigenvalue weighted by atomic mass is 35.5. The van der Waals surface area contributed by atoms with E-state index < -0.39 is 12.1 Å². The molecule has 0 bridgehead atoms. The summed E-state index contributed by atoms with van der Waals surface area (Å²) in [7, 11) is 0. The van der Waals surface area contributed by atoms with Crippen molar-refractivity contribution in [3.63, 3.8) is 0 Å². The highest BCUT2D eigenvalue weighted by Crippen LogP contribution is 2.34. The summed E-state index contributed by atoms with van der Waals surface area (Å²) in [5.41, 5.74) is 3.04. The third-order valence-electron chi connectivity index (χ3n) is 4.74. The fourth-order valence-corrected chi connectivity index (χ4v) is 3.20. The first-order valence-electron chi connectivity index (χ1n) is 9.95. The maximum Gasteiger partial charge on any atom is 0.335 e. The largest absolute Gasteiger partial charge is 0.493 e. The molecule has 1 heterocycles. The molecule has 6 nitrogen and oxygen atoms in total. The molecule has 3 aromatic rings. The molecular formula is C23H25ClN2O4. The Morgan fingerprint density at radius 3 is 2.53 bits per heavy atom. The fraction of sp³-hybridized carbons (Fsp3) is 0.304. The Labute approximate surface area is 180 Å². The van der Waals surface area contributed by atoms with Crippen LogP contribution in [0.2, 0.25) is 5.02 Å². The molecule has 2 aromatic carbocycles. The van der Waals surface area contributed by atoms with E-state index >= 15 is 0 Å².